The molecule has 0 fully saturated rings. The van der Waals surface area contributed by atoms with E-state index in [0.29, 0.717) is 35.7 Å². The van der Waals surface area contributed by atoms with Crippen molar-refractivity contribution in [2.24, 2.45) is 0 Å². The summed E-state index contributed by atoms with van der Waals surface area (Å²) in [7, 11) is -3.77. The van der Waals surface area contributed by atoms with Crippen LogP contribution in [0.1, 0.15) is 31.4 Å². The zero-order valence-corrected chi connectivity index (χ0v) is 21.1. The highest BCUT2D eigenvalue weighted by Gasteiger charge is 2.31. The van der Waals surface area contributed by atoms with Crippen molar-refractivity contribution < 1.29 is 18.0 Å². The number of aryl methyl sites for hydroxylation is 1. The van der Waals surface area contributed by atoms with Crippen LogP contribution in [0.2, 0.25) is 5.02 Å². The van der Waals surface area contributed by atoms with Crippen LogP contribution in [-0.4, -0.2) is 57.1 Å². The highest BCUT2D eigenvalue weighted by Crippen LogP contribution is 2.26. The largest absolute Gasteiger partial charge is 0.355 e. The summed E-state index contributed by atoms with van der Waals surface area (Å²) in [6.45, 7) is 5.70. The summed E-state index contributed by atoms with van der Waals surface area (Å²) >= 11 is 6.03. The number of halogens is 1. The molecular formula is C24H32ClN3O4S. The number of likely N-dealkylation sites (N-methyl/N-ethyl adjacent to an activating group) is 1. The van der Waals surface area contributed by atoms with E-state index in [4.69, 9.17) is 11.6 Å². The van der Waals surface area contributed by atoms with Crippen LogP contribution in [0.3, 0.4) is 0 Å². The number of nitrogens with zero attached hydrogens (tertiary/aromatic N) is 2. The Hall–Kier alpha value is -2.58. The van der Waals surface area contributed by atoms with Crippen molar-refractivity contribution in [3.05, 3.63) is 64.7 Å². The van der Waals surface area contributed by atoms with Gasteiger partial charge in [-0.3, -0.25) is 13.9 Å². The van der Waals surface area contributed by atoms with Gasteiger partial charge in [0.05, 0.1) is 11.9 Å². The molecule has 2 aromatic rings. The topological polar surface area (TPSA) is 86.8 Å². The number of sulfonamides is 1. The van der Waals surface area contributed by atoms with Gasteiger partial charge in [0.1, 0.15) is 12.6 Å². The normalized spacial score (nSPS) is 12.2. The van der Waals surface area contributed by atoms with Crippen molar-refractivity contribution in [1.29, 1.82) is 0 Å². The number of hydrogen-bond donors (Lipinski definition) is 1. The van der Waals surface area contributed by atoms with E-state index < -0.39 is 28.5 Å². The molecule has 0 saturated carbocycles. The van der Waals surface area contributed by atoms with E-state index in [1.807, 2.05) is 44.2 Å². The number of amides is 2. The number of anilines is 1. The third kappa shape index (κ3) is 7.47. The predicted molar refractivity (Wildman–Crippen MR) is 133 cm³/mol. The Bertz CT molecular complexity index is 1060. The molecule has 0 heterocycles. The standard InChI is InChI=1S/C24H32ClN3O4S/c1-5-21(24(30)26-6-2)27(15-14-19-10-8-7-9-11-19)23(29)17-28(33(4,31)32)22-13-12-20(25)16-18(22)3/h7-13,16,21H,5-6,14-15,17H2,1-4H3,(H,26,30)/t21-/m0/s1. The SMILES string of the molecule is CCNC(=O)[C@H](CC)N(CCc1ccccc1)C(=O)CN(c1ccc(Cl)cc1C)S(C)(=O)=O. The van der Waals surface area contributed by atoms with Gasteiger partial charge in [-0.2, -0.15) is 0 Å². The second-order valence-electron chi connectivity index (χ2n) is 7.84. The molecule has 1 N–H and O–H groups in total. The number of carbonyl (C=O) groups excluding carboxylic acids is 2. The van der Waals surface area contributed by atoms with E-state index in [2.05, 4.69) is 5.32 Å². The van der Waals surface area contributed by atoms with Crippen LogP contribution < -0.4 is 9.62 Å². The third-order valence-electron chi connectivity index (χ3n) is 5.33. The van der Waals surface area contributed by atoms with Gasteiger partial charge < -0.3 is 10.2 Å². The highest BCUT2D eigenvalue weighted by molar-refractivity contribution is 7.92. The van der Waals surface area contributed by atoms with E-state index in [-0.39, 0.29) is 12.5 Å². The van der Waals surface area contributed by atoms with Crippen molar-refractivity contribution in [2.45, 2.75) is 39.7 Å². The van der Waals surface area contributed by atoms with E-state index in [0.717, 1.165) is 16.1 Å². The minimum atomic E-state index is -3.77. The fourth-order valence-electron chi connectivity index (χ4n) is 3.68. The lowest BCUT2D eigenvalue weighted by Gasteiger charge is -2.33. The zero-order chi connectivity index (χ0) is 24.6. The number of nitrogens with one attached hydrogen (secondary N) is 1. The molecule has 0 aliphatic heterocycles. The molecule has 2 rings (SSSR count). The molecule has 0 saturated heterocycles. The molecule has 33 heavy (non-hydrogen) atoms. The smallest absolute Gasteiger partial charge is 0.244 e. The fourth-order valence-corrected chi connectivity index (χ4v) is 4.82. The molecule has 0 bridgehead atoms. The minimum absolute atomic E-state index is 0.255. The van der Waals surface area contributed by atoms with Gasteiger partial charge in [0.2, 0.25) is 21.8 Å². The first kappa shape index (κ1) is 26.7. The van der Waals surface area contributed by atoms with E-state index in [9.17, 15) is 18.0 Å². The lowest BCUT2D eigenvalue weighted by atomic mass is 10.1. The summed E-state index contributed by atoms with van der Waals surface area (Å²) in [5, 5.41) is 3.26. The Morgan fingerprint density at radius 2 is 1.76 bits per heavy atom. The monoisotopic (exact) mass is 493 g/mol. The van der Waals surface area contributed by atoms with Gasteiger partial charge in [-0.1, -0.05) is 48.9 Å². The maximum atomic E-state index is 13.5. The summed E-state index contributed by atoms with van der Waals surface area (Å²) < 4.78 is 26.3. The molecule has 180 valence electrons. The highest BCUT2D eigenvalue weighted by atomic mass is 35.5. The Morgan fingerprint density at radius 3 is 2.30 bits per heavy atom. The Balaban J connectivity index is 2.38. The van der Waals surface area contributed by atoms with E-state index >= 15 is 0 Å². The fraction of sp³-hybridized carbons (Fsp3) is 0.417. The van der Waals surface area contributed by atoms with Crippen LogP contribution in [0, 0.1) is 6.92 Å². The minimum Gasteiger partial charge on any atom is -0.355 e. The van der Waals surface area contributed by atoms with Gasteiger partial charge in [0.15, 0.2) is 0 Å². The van der Waals surface area contributed by atoms with Crippen LogP contribution in [0.25, 0.3) is 0 Å². The van der Waals surface area contributed by atoms with Gasteiger partial charge in [-0.25, -0.2) is 8.42 Å². The lowest BCUT2D eigenvalue weighted by Crippen LogP contribution is -2.53. The summed E-state index contributed by atoms with van der Waals surface area (Å²) in [5.41, 5.74) is 2.03. The van der Waals surface area contributed by atoms with Crippen molar-refractivity contribution in [2.75, 3.05) is 30.2 Å². The Kier molecular flexibility index (Phi) is 9.73. The van der Waals surface area contributed by atoms with Crippen molar-refractivity contribution in [3.8, 4) is 0 Å². The summed E-state index contributed by atoms with van der Waals surface area (Å²) in [6.07, 6.45) is 2.01. The molecule has 2 aromatic carbocycles. The van der Waals surface area contributed by atoms with Crippen LogP contribution in [0.5, 0.6) is 0 Å². The molecule has 9 heteroatoms. The first-order valence-corrected chi connectivity index (χ1v) is 13.2. The molecule has 1 atom stereocenters. The van der Waals surface area contributed by atoms with Gasteiger partial charge in [0, 0.05) is 18.1 Å². The van der Waals surface area contributed by atoms with Crippen molar-refractivity contribution >= 4 is 39.1 Å². The van der Waals surface area contributed by atoms with Gasteiger partial charge in [-0.05, 0) is 56.0 Å². The molecular weight excluding hydrogens is 462 g/mol. The van der Waals surface area contributed by atoms with Crippen LogP contribution >= 0.6 is 11.6 Å². The van der Waals surface area contributed by atoms with Gasteiger partial charge >= 0.3 is 0 Å². The zero-order valence-electron chi connectivity index (χ0n) is 19.5. The summed E-state index contributed by atoms with van der Waals surface area (Å²) in [4.78, 5) is 27.7. The second kappa shape index (κ2) is 12.0. The van der Waals surface area contributed by atoms with Crippen molar-refractivity contribution in [1.82, 2.24) is 10.2 Å². The van der Waals surface area contributed by atoms with Crippen LogP contribution in [-0.2, 0) is 26.0 Å². The first-order valence-electron chi connectivity index (χ1n) is 10.9. The Morgan fingerprint density at radius 1 is 1.09 bits per heavy atom. The third-order valence-corrected chi connectivity index (χ3v) is 6.69. The average Bonchev–Trinajstić information content (AvgIpc) is 2.75. The van der Waals surface area contributed by atoms with Crippen molar-refractivity contribution in [3.63, 3.8) is 0 Å². The molecule has 0 radical (unpaired) electrons. The number of rotatable bonds is 11. The Labute approximate surface area is 201 Å². The summed E-state index contributed by atoms with van der Waals surface area (Å²) in [5.74, 6) is -0.696. The lowest BCUT2D eigenvalue weighted by molar-refractivity contribution is -0.139. The molecule has 0 aromatic heterocycles. The average molecular weight is 494 g/mol. The quantitative estimate of drug-likeness (QED) is 0.519. The molecule has 7 nitrogen and oxygen atoms in total. The molecule has 0 aliphatic rings. The van der Waals surface area contributed by atoms with Crippen LogP contribution in [0.15, 0.2) is 48.5 Å². The maximum Gasteiger partial charge on any atom is 0.244 e. The van der Waals surface area contributed by atoms with Gasteiger partial charge in [0.25, 0.3) is 0 Å². The van der Waals surface area contributed by atoms with E-state index in [1.165, 1.54) is 4.90 Å². The van der Waals surface area contributed by atoms with Crippen LogP contribution in [0.4, 0.5) is 5.69 Å². The number of benzene rings is 2. The number of hydrogen-bond acceptors (Lipinski definition) is 4. The second-order valence-corrected chi connectivity index (χ2v) is 10.2. The summed E-state index contributed by atoms with van der Waals surface area (Å²) in [6, 6.07) is 13.8. The van der Waals surface area contributed by atoms with E-state index in [1.54, 1.807) is 25.1 Å². The molecule has 0 spiro atoms. The predicted octanol–water partition coefficient (Wildman–Crippen LogP) is 3.40. The van der Waals surface area contributed by atoms with Gasteiger partial charge in [-0.15, -0.1) is 0 Å². The first-order chi connectivity index (χ1) is 15.6. The maximum absolute atomic E-state index is 13.5. The molecule has 2 amide bonds. The molecule has 0 unspecified atom stereocenters. The molecule has 0 aliphatic carbocycles. The number of carbonyl (C=O) groups is 2.